The monoisotopic (exact) mass is 339 g/mol. The summed E-state index contributed by atoms with van der Waals surface area (Å²) in [7, 11) is 1.63. The predicted octanol–water partition coefficient (Wildman–Crippen LogP) is 3.76. The van der Waals surface area contributed by atoms with Gasteiger partial charge in [0, 0.05) is 6.54 Å². The molecule has 0 spiro atoms. The number of amides is 1. The Bertz CT molecular complexity index is 575. The fourth-order valence-corrected chi connectivity index (χ4v) is 3.07. The van der Waals surface area contributed by atoms with Crippen LogP contribution in [-0.2, 0) is 6.54 Å². The average molecular weight is 340 g/mol. The Morgan fingerprint density at radius 3 is 2.84 bits per heavy atom. The van der Waals surface area contributed by atoms with Crippen molar-refractivity contribution in [1.82, 2.24) is 5.32 Å². The molecule has 2 rings (SSSR count). The van der Waals surface area contributed by atoms with Crippen LogP contribution in [0.3, 0.4) is 0 Å². The Labute approximate surface area is 124 Å². The van der Waals surface area contributed by atoms with Crippen molar-refractivity contribution in [2.75, 3.05) is 7.11 Å². The van der Waals surface area contributed by atoms with Gasteiger partial charge in [0.15, 0.2) is 0 Å². The van der Waals surface area contributed by atoms with E-state index < -0.39 is 0 Å². The van der Waals surface area contributed by atoms with Crippen LogP contribution >= 0.6 is 27.3 Å². The van der Waals surface area contributed by atoms with Crippen molar-refractivity contribution in [3.63, 3.8) is 0 Å². The molecule has 0 aliphatic carbocycles. The Morgan fingerprint density at radius 1 is 1.42 bits per heavy atom. The van der Waals surface area contributed by atoms with Gasteiger partial charge in [0.2, 0.25) is 0 Å². The number of halogens is 1. The number of hydrogen-bond donors (Lipinski definition) is 1. The zero-order valence-corrected chi connectivity index (χ0v) is 13.1. The molecule has 0 aliphatic heterocycles. The number of benzene rings is 1. The average Bonchev–Trinajstić information content (AvgIpc) is 2.76. The number of methoxy groups -OCH3 is 1. The highest BCUT2D eigenvalue weighted by Gasteiger charge is 2.10. The fourth-order valence-electron chi connectivity index (χ4n) is 1.62. The van der Waals surface area contributed by atoms with Gasteiger partial charge in [0.25, 0.3) is 5.91 Å². The summed E-state index contributed by atoms with van der Waals surface area (Å²) in [6.07, 6.45) is 0. The topological polar surface area (TPSA) is 38.3 Å². The number of rotatable bonds is 4. The van der Waals surface area contributed by atoms with Gasteiger partial charge in [-0.3, -0.25) is 4.79 Å². The van der Waals surface area contributed by atoms with Crippen LogP contribution in [0, 0.1) is 6.92 Å². The van der Waals surface area contributed by atoms with Crippen molar-refractivity contribution in [2.45, 2.75) is 13.5 Å². The smallest absolute Gasteiger partial charge is 0.261 e. The maximum atomic E-state index is 12.0. The maximum Gasteiger partial charge on any atom is 0.261 e. The zero-order chi connectivity index (χ0) is 13.8. The number of aryl methyl sites for hydroxylation is 1. The van der Waals surface area contributed by atoms with E-state index in [0.717, 1.165) is 20.7 Å². The molecule has 0 fully saturated rings. The van der Waals surface area contributed by atoms with Crippen LogP contribution < -0.4 is 10.1 Å². The number of nitrogens with one attached hydrogen (secondary N) is 1. The molecule has 1 N–H and O–H groups in total. The fraction of sp³-hybridized carbons (Fsp3) is 0.214. The lowest BCUT2D eigenvalue weighted by molar-refractivity contribution is 0.0955. The molecule has 3 nitrogen and oxygen atoms in total. The van der Waals surface area contributed by atoms with Gasteiger partial charge in [-0.2, -0.15) is 0 Å². The molecule has 1 heterocycles. The molecule has 100 valence electrons. The van der Waals surface area contributed by atoms with E-state index in [-0.39, 0.29) is 5.91 Å². The van der Waals surface area contributed by atoms with Crippen molar-refractivity contribution in [1.29, 1.82) is 0 Å². The predicted molar refractivity (Wildman–Crippen MR) is 80.9 cm³/mol. The molecule has 0 saturated heterocycles. The van der Waals surface area contributed by atoms with Gasteiger partial charge >= 0.3 is 0 Å². The van der Waals surface area contributed by atoms with Crippen LogP contribution in [0.15, 0.2) is 34.1 Å². The zero-order valence-electron chi connectivity index (χ0n) is 10.7. The summed E-state index contributed by atoms with van der Waals surface area (Å²) in [5, 5.41) is 2.90. The molecule has 1 aromatic heterocycles. The SMILES string of the molecule is COc1cccc(CNC(=O)c2cc(C)c(Br)s2)c1. The first kappa shape index (κ1) is 14.1. The number of carbonyl (C=O) groups excluding carboxylic acids is 1. The van der Waals surface area contributed by atoms with Crippen molar-refractivity contribution < 1.29 is 9.53 Å². The molecule has 1 amide bonds. The van der Waals surface area contributed by atoms with E-state index >= 15 is 0 Å². The van der Waals surface area contributed by atoms with Gasteiger partial charge in [-0.1, -0.05) is 12.1 Å². The summed E-state index contributed by atoms with van der Waals surface area (Å²) in [6.45, 7) is 2.46. The van der Waals surface area contributed by atoms with E-state index in [9.17, 15) is 4.79 Å². The lowest BCUT2D eigenvalue weighted by Gasteiger charge is -2.05. The van der Waals surface area contributed by atoms with Gasteiger partial charge in [-0.05, 0) is 52.2 Å². The summed E-state index contributed by atoms with van der Waals surface area (Å²) >= 11 is 4.87. The third-order valence-corrected chi connectivity index (χ3v) is 4.80. The molecule has 0 unspecified atom stereocenters. The summed E-state index contributed by atoms with van der Waals surface area (Å²) in [5.41, 5.74) is 2.09. The van der Waals surface area contributed by atoms with E-state index in [1.807, 2.05) is 37.3 Å². The van der Waals surface area contributed by atoms with Gasteiger partial charge < -0.3 is 10.1 Å². The van der Waals surface area contributed by atoms with Crippen LogP contribution in [0.4, 0.5) is 0 Å². The van der Waals surface area contributed by atoms with Crippen molar-refractivity contribution in [3.05, 3.63) is 50.1 Å². The minimum Gasteiger partial charge on any atom is -0.497 e. The summed E-state index contributed by atoms with van der Waals surface area (Å²) < 4.78 is 6.15. The van der Waals surface area contributed by atoms with E-state index in [2.05, 4.69) is 21.2 Å². The molecule has 0 saturated carbocycles. The largest absolute Gasteiger partial charge is 0.497 e. The highest BCUT2D eigenvalue weighted by molar-refractivity contribution is 9.11. The normalized spacial score (nSPS) is 10.3. The van der Waals surface area contributed by atoms with Crippen molar-refractivity contribution in [3.8, 4) is 5.75 Å². The number of thiophene rings is 1. The van der Waals surface area contributed by atoms with Crippen LogP contribution in [0.2, 0.25) is 0 Å². The molecular formula is C14H14BrNO2S. The van der Waals surface area contributed by atoms with Crippen molar-refractivity contribution in [2.24, 2.45) is 0 Å². The first-order valence-electron chi connectivity index (χ1n) is 5.77. The molecule has 5 heteroatoms. The summed E-state index contributed by atoms with van der Waals surface area (Å²) in [5.74, 6) is 0.739. The standard InChI is InChI=1S/C14H14BrNO2S/c1-9-6-12(19-13(9)15)14(17)16-8-10-4-3-5-11(7-10)18-2/h3-7H,8H2,1-2H3,(H,16,17). The van der Waals surface area contributed by atoms with Gasteiger partial charge in [-0.25, -0.2) is 0 Å². The van der Waals surface area contributed by atoms with Crippen LogP contribution in [-0.4, -0.2) is 13.0 Å². The van der Waals surface area contributed by atoms with E-state index in [1.54, 1.807) is 7.11 Å². The number of carbonyl (C=O) groups is 1. The Morgan fingerprint density at radius 2 is 2.21 bits per heavy atom. The highest BCUT2D eigenvalue weighted by Crippen LogP contribution is 2.27. The molecule has 19 heavy (non-hydrogen) atoms. The third-order valence-electron chi connectivity index (χ3n) is 2.67. The summed E-state index contributed by atoms with van der Waals surface area (Å²) in [6, 6.07) is 9.54. The second-order valence-electron chi connectivity index (χ2n) is 4.10. The first-order chi connectivity index (χ1) is 9.10. The van der Waals surface area contributed by atoms with E-state index in [4.69, 9.17) is 4.74 Å². The Kier molecular flexibility index (Phi) is 4.61. The van der Waals surface area contributed by atoms with Gasteiger partial charge in [0.1, 0.15) is 5.75 Å². The minimum atomic E-state index is -0.0541. The van der Waals surface area contributed by atoms with Crippen LogP contribution in [0.1, 0.15) is 20.8 Å². The second kappa shape index (κ2) is 6.21. The second-order valence-corrected chi connectivity index (χ2v) is 6.47. The summed E-state index contributed by atoms with van der Waals surface area (Å²) in [4.78, 5) is 12.7. The number of hydrogen-bond acceptors (Lipinski definition) is 3. The molecular weight excluding hydrogens is 326 g/mol. The molecule has 2 aromatic rings. The Balaban J connectivity index is 2.00. The van der Waals surface area contributed by atoms with E-state index in [1.165, 1.54) is 11.3 Å². The third kappa shape index (κ3) is 3.58. The maximum absolute atomic E-state index is 12.0. The Hall–Kier alpha value is -1.33. The van der Waals surface area contributed by atoms with Crippen LogP contribution in [0.25, 0.3) is 0 Å². The lowest BCUT2D eigenvalue weighted by atomic mass is 10.2. The highest BCUT2D eigenvalue weighted by atomic mass is 79.9. The van der Waals surface area contributed by atoms with Gasteiger partial charge in [0.05, 0.1) is 15.8 Å². The molecule has 1 aromatic carbocycles. The molecule has 0 atom stereocenters. The van der Waals surface area contributed by atoms with Crippen molar-refractivity contribution >= 4 is 33.2 Å². The first-order valence-corrected chi connectivity index (χ1v) is 7.38. The lowest BCUT2D eigenvalue weighted by Crippen LogP contribution is -2.21. The van der Waals surface area contributed by atoms with Crippen LogP contribution in [0.5, 0.6) is 5.75 Å². The number of ether oxygens (including phenoxy) is 1. The quantitative estimate of drug-likeness (QED) is 0.920. The minimum absolute atomic E-state index is 0.0541. The molecule has 0 bridgehead atoms. The molecule has 0 radical (unpaired) electrons. The van der Waals surface area contributed by atoms with E-state index in [0.29, 0.717) is 11.4 Å². The molecule has 0 aliphatic rings. The van der Waals surface area contributed by atoms with Gasteiger partial charge in [-0.15, -0.1) is 11.3 Å².